The number of rotatable bonds is 7. The number of carbonyl (C=O) groups excluding carboxylic acids is 2. The Morgan fingerprint density at radius 2 is 1.73 bits per heavy atom. The second-order valence-electron chi connectivity index (χ2n) is 6.68. The Hall–Kier alpha value is -4.15. The maximum atomic E-state index is 12.5. The molecule has 0 unspecified atom stereocenters. The Balaban J connectivity index is 1.70. The molecule has 0 aliphatic carbocycles. The summed E-state index contributed by atoms with van der Waals surface area (Å²) in [5, 5.41) is 2.67. The van der Waals surface area contributed by atoms with E-state index in [4.69, 9.17) is 4.74 Å². The number of aromatic nitrogens is 2. The molecule has 1 N–H and O–H groups in total. The van der Waals surface area contributed by atoms with Gasteiger partial charge in [0.25, 0.3) is 0 Å². The topological polar surface area (TPSA) is 99.6 Å². The molecule has 0 aliphatic rings. The van der Waals surface area contributed by atoms with E-state index in [1.54, 1.807) is 31.2 Å². The number of methoxy groups -OCH3 is 1. The van der Waals surface area contributed by atoms with E-state index in [2.05, 4.69) is 24.8 Å². The van der Waals surface area contributed by atoms with Crippen LogP contribution in [0.2, 0.25) is 0 Å². The monoisotopic (exact) mass is 461 g/mol. The summed E-state index contributed by atoms with van der Waals surface area (Å²) in [4.78, 5) is 32.4. The third-order valence-electron chi connectivity index (χ3n) is 4.11. The molecule has 1 aromatic heterocycles. The summed E-state index contributed by atoms with van der Waals surface area (Å²) >= 11 is 0. The van der Waals surface area contributed by atoms with Crippen LogP contribution in [0.1, 0.15) is 21.7 Å². The van der Waals surface area contributed by atoms with Gasteiger partial charge in [-0.15, -0.1) is 13.2 Å². The number of nitrogens with one attached hydrogen (secondary N) is 1. The van der Waals surface area contributed by atoms with Crippen molar-refractivity contribution >= 4 is 17.6 Å². The molecule has 0 radical (unpaired) electrons. The van der Waals surface area contributed by atoms with Crippen molar-refractivity contribution in [2.24, 2.45) is 0 Å². The van der Waals surface area contributed by atoms with E-state index in [1.165, 1.54) is 25.3 Å². The van der Waals surface area contributed by atoms with Crippen LogP contribution in [-0.4, -0.2) is 35.3 Å². The van der Waals surface area contributed by atoms with Gasteiger partial charge in [0.05, 0.1) is 19.2 Å². The second kappa shape index (κ2) is 9.98. The number of halogens is 3. The number of nitrogens with zero attached hydrogens (tertiary/aromatic N) is 2. The second-order valence-corrected chi connectivity index (χ2v) is 6.68. The van der Waals surface area contributed by atoms with Gasteiger partial charge in [-0.3, -0.25) is 4.79 Å². The SMILES string of the molecule is COC(=O)c1cc(C)nc(Oc2ccccc2NC(=O)Cc2ccc(OC(F)(F)F)cc2)n1. The highest BCUT2D eigenvalue weighted by Gasteiger charge is 2.31. The number of carbonyl (C=O) groups is 2. The van der Waals surface area contributed by atoms with Gasteiger partial charge in [0.1, 0.15) is 5.75 Å². The van der Waals surface area contributed by atoms with Crippen LogP contribution in [0.5, 0.6) is 17.5 Å². The van der Waals surface area contributed by atoms with Crippen LogP contribution in [0.3, 0.4) is 0 Å². The van der Waals surface area contributed by atoms with E-state index in [0.29, 0.717) is 16.9 Å². The van der Waals surface area contributed by atoms with Crippen molar-refractivity contribution in [2.75, 3.05) is 12.4 Å². The number of esters is 1. The van der Waals surface area contributed by atoms with Crippen LogP contribution in [0.25, 0.3) is 0 Å². The standard InChI is InChI=1S/C22H18F3N3O5/c1-13-11-17(20(30)31-2)28-21(26-13)32-18-6-4-3-5-16(18)27-19(29)12-14-7-9-15(10-8-14)33-22(23,24)25/h3-11H,12H2,1-2H3,(H,27,29). The van der Waals surface area contributed by atoms with Crippen LogP contribution in [-0.2, 0) is 16.0 Å². The molecular weight excluding hydrogens is 443 g/mol. The Kier molecular flexibility index (Phi) is 7.11. The summed E-state index contributed by atoms with van der Waals surface area (Å²) in [5.41, 5.74) is 1.27. The van der Waals surface area contributed by atoms with Crippen molar-refractivity contribution in [3.63, 3.8) is 0 Å². The third kappa shape index (κ3) is 6.92. The van der Waals surface area contributed by atoms with Gasteiger partial charge in [0.15, 0.2) is 11.4 Å². The highest BCUT2D eigenvalue weighted by atomic mass is 19.4. The van der Waals surface area contributed by atoms with Crippen molar-refractivity contribution in [1.82, 2.24) is 9.97 Å². The first kappa shape index (κ1) is 23.5. The molecule has 2 aromatic carbocycles. The Morgan fingerprint density at radius 1 is 1.03 bits per heavy atom. The lowest BCUT2D eigenvalue weighted by Crippen LogP contribution is -2.17. The predicted octanol–water partition coefficient (Wildman–Crippen LogP) is 4.44. The minimum Gasteiger partial charge on any atom is -0.464 e. The molecule has 3 rings (SSSR count). The Labute approximate surface area is 186 Å². The van der Waals surface area contributed by atoms with Crippen LogP contribution in [0.15, 0.2) is 54.6 Å². The third-order valence-corrected chi connectivity index (χ3v) is 4.11. The molecule has 1 amide bonds. The quantitative estimate of drug-likeness (QED) is 0.519. The predicted molar refractivity (Wildman–Crippen MR) is 110 cm³/mol. The lowest BCUT2D eigenvalue weighted by Gasteiger charge is -2.12. The minimum absolute atomic E-state index is 0.0134. The lowest BCUT2D eigenvalue weighted by atomic mass is 10.1. The zero-order chi connectivity index (χ0) is 24.0. The van der Waals surface area contributed by atoms with Gasteiger partial charge in [-0.25, -0.2) is 9.78 Å². The maximum absolute atomic E-state index is 12.5. The molecule has 1 heterocycles. The summed E-state index contributed by atoms with van der Waals surface area (Å²) in [5.74, 6) is -1.24. The lowest BCUT2D eigenvalue weighted by molar-refractivity contribution is -0.274. The van der Waals surface area contributed by atoms with Gasteiger partial charge in [0.2, 0.25) is 5.91 Å². The van der Waals surface area contributed by atoms with Gasteiger partial charge < -0.3 is 19.5 Å². The fourth-order valence-corrected chi connectivity index (χ4v) is 2.74. The molecule has 0 saturated carbocycles. The fraction of sp³-hybridized carbons (Fsp3) is 0.182. The van der Waals surface area contributed by atoms with E-state index in [9.17, 15) is 22.8 Å². The van der Waals surface area contributed by atoms with Gasteiger partial charge >= 0.3 is 18.3 Å². The van der Waals surface area contributed by atoms with Crippen molar-refractivity contribution in [3.05, 3.63) is 71.5 Å². The molecule has 8 nitrogen and oxygen atoms in total. The molecule has 33 heavy (non-hydrogen) atoms. The number of para-hydroxylation sites is 2. The number of benzene rings is 2. The number of ether oxygens (including phenoxy) is 3. The van der Waals surface area contributed by atoms with Crippen LogP contribution < -0.4 is 14.8 Å². The van der Waals surface area contributed by atoms with Crippen LogP contribution in [0.4, 0.5) is 18.9 Å². The highest BCUT2D eigenvalue weighted by Crippen LogP contribution is 2.28. The normalized spacial score (nSPS) is 10.9. The first-order valence-corrected chi connectivity index (χ1v) is 9.48. The van der Waals surface area contributed by atoms with E-state index in [-0.39, 0.29) is 29.6 Å². The van der Waals surface area contributed by atoms with Gasteiger partial charge in [-0.05, 0) is 42.8 Å². The van der Waals surface area contributed by atoms with Gasteiger partial charge in [-0.2, -0.15) is 4.98 Å². The minimum atomic E-state index is -4.79. The Bertz CT molecular complexity index is 1150. The molecule has 3 aromatic rings. The van der Waals surface area contributed by atoms with E-state index in [0.717, 1.165) is 12.1 Å². The molecule has 0 fully saturated rings. The number of hydrogen-bond donors (Lipinski definition) is 1. The molecule has 0 atom stereocenters. The Morgan fingerprint density at radius 3 is 2.39 bits per heavy atom. The summed E-state index contributed by atoms with van der Waals surface area (Å²) in [6.07, 6.45) is -4.89. The van der Waals surface area contributed by atoms with Crippen LogP contribution in [0, 0.1) is 6.92 Å². The van der Waals surface area contributed by atoms with Gasteiger partial charge in [-0.1, -0.05) is 24.3 Å². The number of aryl methyl sites for hydroxylation is 1. The molecule has 11 heteroatoms. The maximum Gasteiger partial charge on any atom is 0.573 e. The van der Waals surface area contributed by atoms with Gasteiger partial charge in [0, 0.05) is 5.69 Å². The van der Waals surface area contributed by atoms with Crippen molar-refractivity contribution in [2.45, 2.75) is 19.7 Å². The smallest absolute Gasteiger partial charge is 0.464 e. The molecule has 0 saturated heterocycles. The van der Waals surface area contributed by atoms with Crippen molar-refractivity contribution in [1.29, 1.82) is 0 Å². The van der Waals surface area contributed by atoms with E-state index in [1.807, 2.05) is 0 Å². The summed E-state index contributed by atoms with van der Waals surface area (Å²) in [7, 11) is 1.22. The molecular formula is C22H18F3N3O5. The summed E-state index contributed by atoms with van der Waals surface area (Å²) in [6, 6.07) is 12.8. The number of hydrogen-bond acceptors (Lipinski definition) is 7. The van der Waals surface area contributed by atoms with E-state index >= 15 is 0 Å². The van der Waals surface area contributed by atoms with E-state index < -0.39 is 18.2 Å². The highest BCUT2D eigenvalue weighted by molar-refractivity contribution is 5.93. The largest absolute Gasteiger partial charge is 0.573 e. The molecule has 0 bridgehead atoms. The number of anilines is 1. The first-order valence-electron chi connectivity index (χ1n) is 9.48. The summed E-state index contributed by atoms with van der Waals surface area (Å²) < 4.78 is 50.9. The van der Waals surface area contributed by atoms with Crippen molar-refractivity contribution in [3.8, 4) is 17.5 Å². The molecule has 172 valence electrons. The molecule has 0 aliphatic heterocycles. The first-order chi connectivity index (χ1) is 15.6. The number of amides is 1. The average molecular weight is 461 g/mol. The fourth-order valence-electron chi connectivity index (χ4n) is 2.74. The molecule has 0 spiro atoms. The zero-order valence-electron chi connectivity index (χ0n) is 17.5. The van der Waals surface area contributed by atoms with Crippen LogP contribution >= 0.6 is 0 Å². The average Bonchev–Trinajstić information content (AvgIpc) is 2.74. The number of alkyl halides is 3. The summed E-state index contributed by atoms with van der Waals surface area (Å²) in [6.45, 7) is 1.65. The zero-order valence-corrected chi connectivity index (χ0v) is 17.5. The van der Waals surface area contributed by atoms with Crippen molar-refractivity contribution < 1.29 is 37.0 Å².